The molecule has 0 N–H and O–H groups in total. The molecule has 0 atom stereocenters. The SMILES string of the molecule is COc1cc(-c2ccc(C(=O)N3CCCC3)cc2)ncn1. The third-order valence-electron chi connectivity index (χ3n) is 3.67. The van der Waals surface area contributed by atoms with Crippen molar-refractivity contribution in [3.05, 3.63) is 42.2 Å². The molecule has 2 heterocycles. The highest BCUT2D eigenvalue weighted by atomic mass is 16.5. The van der Waals surface area contributed by atoms with Crippen LogP contribution in [-0.2, 0) is 0 Å². The highest BCUT2D eigenvalue weighted by Crippen LogP contribution is 2.21. The van der Waals surface area contributed by atoms with Gasteiger partial charge in [-0.2, -0.15) is 0 Å². The number of carbonyl (C=O) groups excluding carboxylic acids is 1. The molecule has 1 aliphatic heterocycles. The summed E-state index contributed by atoms with van der Waals surface area (Å²) in [6.07, 6.45) is 3.67. The summed E-state index contributed by atoms with van der Waals surface area (Å²) < 4.78 is 5.09. The van der Waals surface area contributed by atoms with Crippen molar-refractivity contribution in [2.24, 2.45) is 0 Å². The molecule has 0 radical (unpaired) electrons. The van der Waals surface area contributed by atoms with Crippen molar-refractivity contribution in [1.82, 2.24) is 14.9 Å². The molecule has 0 saturated carbocycles. The van der Waals surface area contributed by atoms with Crippen LogP contribution in [0.5, 0.6) is 5.88 Å². The second-order valence-corrected chi connectivity index (χ2v) is 5.02. The average molecular weight is 283 g/mol. The minimum atomic E-state index is 0.110. The Morgan fingerprint density at radius 1 is 1.14 bits per heavy atom. The lowest BCUT2D eigenvalue weighted by Gasteiger charge is -2.15. The number of likely N-dealkylation sites (tertiary alicyclic amines) is 1. The molecular formula is C16H17N3O2. The predicted octanol–water partition coefficient (Wildman–Crippen LogP) is 2.39. The first kappa shape index (κ1) is 13.5. The van der Waals surface area contributed by atoms with Crippen LogP contribution in [0.4, 0.5) is 0 Å². The topological polar surface area (TPSA) is 55.3 Å². The van der Waals surface area contributed by atoms with Crippen LogP contribution < -0.4 is 4.74 Å². The van der Waals surface area contributed by atoms with Gasteiger partial charge in [0.15, 0.2) is 0 Å². The van der Waals surface area contributed by atoms with E-state index in [0.717, 1.165) is 42.8 Å². The van der Waals surface area contributed by atoms with Gasteiger partial charge in [0.1, 0.15) is 6.33 Å². The minimum Gasteiger partial charge on any atom is -0.481 e. The summed E-state index contributed by atoms with van der Waals surface area (Å²) in [5.74, 6) is 0.636. The molecule has 1 aromatic heterocycles. The molecule has 1 aliphatic rings. The maximum Gasteiger partial charge on any atom is 0.253 e. The van der Waals surface area contributed by atoms with Gasteiger partial charge in [-0.25, -0.2) is 9.97 Å². The van der Waals surface area contributed by atoms with E-state index in [4.69, 9.17) is 4.74 Å². The van der Waals surface area contributed by atoms with Crippen molar-refractivity contribution in [1.29, 1.82) is 0 Å². The Morgan fingerprint density at radius 2 is 1.86 bits per heavy atom. The fourth-order valence-electron chi connectivity index (χ4n) is 2.50. The van der Waals surface area contributed by atoms with E-state index in [1.54, 1.807) is 13.2 Å². The summed E-state index contributed by atoms with van der Waals surface area (Å²) in [4.78, 5) is 22.4. The van der Waals surface area contributed by atoms with Gasteiger partial charge in [0.2, 0.25) is 5.88 Å². The van der Waals surface area contributed by atoms with Crippen molar-refractivity contribution >= 4 is 5.91 Å². The normalized spacial score (nSPS) is 14.2. The summed E-state index contributed by atoms with van der Waals surface area (Å²) in [5.41, 5.74) is 2.44. The first-order valence-electron chi connectivity index (χ1n) is 7.03. The Bertz CT molecular complexity index is 634. The van der Waals surface area contributed by atoms with E-state index in [9.17, 15) is 4.79 Å². The molecular weight excluding hydrogens is 266 g/mol. The van der Waals surface area contributed by atoms with Gasteiger partial charge >= 0.3 is 0 Å². The first-order valence-corrected chi connectivity index (χ1v) is 7.03. The monoisotopic (exact) mass is 283 g/mol. The number of nitrogens with zero attached hydrogens (tertiary/aromatic N) is 3. The number of amides is 1. The molecule has 108 valence electrons. The zero-order chi connectivity index (χ0) is 14.7. The lowest BCUT2D eigenvalue weighted by atomic mass is 10.1. The highest BCUT2D eigenvalue weighted by Gasteiger charge is 2.19. The van der Waals surface area contributed by atoms with Crippen LogP contribution in [-0.4, -0.2) is 41.0 Å². The molecule has 1 aromatic carbocycles. The lowest BCUT2D eigenvalue weighted by molar-refractivity contribution is 0.0793. The number of aromatic nitrogens is 2. The van der Waals surface area contributed by atoms with Crippen molar-refractivity contribution in [3.63, 3.8) is 0 Å². The predicted molar refractivity (Wildman–Crippen MR) is 79.2 cm³/mol. The first-order chi connectivity index (χ1) is 10.3. The van der Waals surface area contributed by atoms with E-state index in [-0.39, 0.29) is 5.91 Å². The zero-order valence-corrected chi connectivity index (χ0v) is 12.0. The van der Waals surface area contributed by atoms with Crippen LogP contribution in [0.25, 0.3) is 11.3 Å². The fourth-order valence-corrected chi connectivity index (χ4v) is 2.50. The molecule has 0 bridgehead atoms. The van der Waals surface area contributed by atoms with E-state index in [2.05, 4.69) is 9.97 Å². The zero-order valence-electron chi connectivity index (χ0n) is 12.0. The summed E-state index contributed by atoms with van der Waals surface area (Å²) >= 11 is 0. The van der Waals surface area contributed by atoms with Crippen molar-refractivity contribution in [2.75, 3.05) is 20.2 Å². The Labute approximate surface area is 123 Å². The van der Waals surface area contributed by atoms with Crippen LogP contribution in [0, 0.1) is 0 Å². The van der Waals surface area contributed by atoms with Gasteiger partial charge in [-0.15, -0.1) is 0 Å². The third-order valence-corrected chi connectivity index (χ3v) is 3.67. The Morgan fingerprint density at radius 3 is 2.52 bits per heavy atom. The second-order valence-electron chi connectivity index (χ2n) is 5.02. The molecule has 1 amide bonds. The average Bonchev–Trinajstić information content (AvgIpc) is 3.09. The summed E-state index contributed by atoms with van der Waals surface area (Å²) in [6.45, 7) is 1.73. The number of hydrogen-bond acceptors (Lipinski definition) is 4. The summed E-state index contributed by atoms with van der Waals surface area (Å²) in [5, 5.41) is 0. The van der Waals surface area contributed by atoms with E-state index < -0.39 is 0 Å². The Hall–Kier alpha value is -2.43. The van der Waals surface area contributed by atoms with E-state index in [1.165, 1.54) is 6.33 Å². The molecule has 0 aliphatic carbocycles. The molecule has 3 rings (SSSR count). The van der Waals surface area contributed by atoms with Gasteiger partial charge in [0, 0.05) is 30.3 Å². The van der Waals surface area contributed by atoms with Gasteiger partial charge in [-0.05, 0) is 25.0 Å². The smallest absolute Gasteiger partial charge is 0.253 e. The molecule has 2 aromatic rings. The summed E-state index contributed by atoms with van der Waals surface area (Å²) in [7, 11) is 1.57. The molecule has 21 heavy (non-hydrogen) atoms. The lowest BCUT2D eigenvalue weighted by Crippen LogP contribution is -2.27. The minimum absolute atomic E-state index is 0.110. The largest absolute Gasteiger partial charge is 0.481 e. The number of hydrogen-bond donors (Lipinski definition) is 0. The van der Waals surface area contributed by atoms with Gasteiger partial charge in [0.05, 0.1) is 12.8 Å². The van der Waals surface area contributed by atoms with Crippen LogP contribution in [0.3, 0.4) is 0 Å². The molecule has 5 heteroatoms. The number of ether oxygens (including phenoxy) is 1. The van der Waals surface area contributed by atoms with Gasteiger partial charge in [-0.1, -0.05) is 12.1 Å². The van der Waals surface area contributed by atoms with E-state index in [0.29, 0.717) is 5.88 Å². The van der Waals surface area contributed by atoms with Crippen LogP contribution in [0.2, 0.25) is 0 Å². The van der Waals surface area contributed by atoms with Crippen LogP contribution in [0.15, 0.2) is 36.7 Å². The van der Waals surface area contributed by atoms with Crippen molar-refractivity contribution in [2.45, 2.75) is 12.8 Å². The Balaban J connectivity index is 1.81. The number of carbonyl (C=O) groups is 1. The van der Waals surface area contributed by atoms with Crippen LogP contribution in [0.1, 0.15) is 23.2 Å². The molecule has 1 saturated heterocycles. The van der Waals surface area contributed by atoms with Crippen LogP contribution >= 0.6 is 0 Å². The van der Waals surface area contributed by atoms with Gasteiger partial charge in [0.25, 0.3) is 5.91 Å². The highest BCUT2D eigenvalue weighted by molar-refractivity contribution is 5.94. The molecule has 5 nitrogen and oxygen atoms in total. The van der Waals surface area contributed by atoms with Crippen molar-refractivity contribution < 1.29 is 9.53 Å². The standard InChI is InChI=1S/C16H17N3O2/c1-21-15-10-14(17-11-18-15)12-4-6-13(7-5-12)16(20)19-8-2-3-9-19/h4-7,10-11H,2-3,8-9H2,1H3. The number of benzene rings is 1. The van der Waals surface area contributed by atoms with E-state index in [1.807, 2.05) is 29.2 Å². The van der Waals surface area contributed by atoms with Gasteiger partial charge < -0.3 is 9.64 Å². The van der Waals surface area contributed by atoms with Gasteiger partial charge in [-0.3, -0.25) is 4.79 Å². The second kappa shape index (κ2) is 5.91. The quantitative estimate of drug-likeness (QED) is 0.868. The molecule has 0 unspecified atom stereocenters. The Kier molecular flexibility index (Phi) is 3.81. The fraction of sp³-hybridized carbons (Fsp3) is 0.312. The summed E-state index contributed by atoms with van der Waals surface area (Å²) in [6, 6.07) is 9.29. The number of methoxy groups -OCH3 is 1. The molecule has 0 spiro atoms. The third kappa shape index (κ3) is 2.86. The maximum atomic E-state index is 12.3. The number of rotatable bonds is 3. The van der Waals surface area contributed by atoms with Crippen molar-refractivity contribution in [3.8, 4) is 17.1 Å². The maximum absolute atomic E-state index is 12.3. The van der Waals surface area contributed by atoms with E-state index >= 15 is 0 Å². The molecule has 1 fully saturated rings.